The molecule has 0 aliphatic rings. The van der Waals surface area contributed by atoms with Gasteiger partial charge in [-0.25, -0.2) is 0 Å². The Kier molecular flexibility index (Phi) is 13.7. The van der Waals surface area contributed by atoms with E-state index in [2.05, 4.69) is 57.2 Å². The van der Waals surface area contributed by atoms with Crippen molar-refractivity contribution in [1.82, 2.24) is 0 Å². The number of benzene rings is 2. The molecule has 0 amide bonds. The Hall–Kier alpha value is -1.30. The Labute approximate surface area is 194 Å². The summed E-state index contributed by atoms with van der Waals surface area (Å²) in [5, 5.41) is 2.86. The van der Waals surface area contributed by atoms with Gasteiger partial charge in [-0.15, -0.1) is 0 Å². The third kappa shape index (κ3) is 10.7. The van der Waals surface area contributed by atoms with Crippen molar-refractivity contribution in [3.05, 3.63) is 47.5 Å². The van der Waals surface area contributed by atoms with Crippen LogP contribution in [-0.2, 0) is 0 Å². The van der Waals surface area contributed by atoms with E-state index >= 15 is 0 Å². The lowest BCUT2D eigenvalue weighted by atomic mass is 9.90. The molecule has 1 atom stereocenters. The van der Waals surface area contributed by atoms with Gasteiger partial charge in [0.15, 0.2) is 0 Å². The van der Waals surface area contributed by atoms with Crippen molar-refractivity contribution in [3.63, 3.8) is 0 Å². The molecule has 0 nitrogen and oxygen atoms in total. The molecule has 0 saturated heterocycles. The summed E-state index contributed by atoms with van der Waals surface area (Å²) in [6.45, 7) is 6.90. The summed E-state index contributed by atoms with van der Waals surface area (Å²) in [7, 11) is 0. The second kappa shape index (κ2) is 16.3. The summed E-state index contributed by atoms with van der Waals surface area (Å²) in [6, 6.07) is 13.7. The third-order valence-corrected chi connectivity index (χ3v) is 7.09. The fourth-order valence-corrected chi connectivity index (χ4v) is 5.01. The molecule has 2 rings (SSSR count). The van der Waals surface area contributed by atoms with Crippen LogP contribution in [-0.4, -0.2) is 0 Å². The first-order valence-electron chi connectivity index (χ1n) is 13.7. The van der Waals surface area contributed by atoms with Gasteiger partial charge in [0.1, 0.15) is 0 Å². The number of rotatable bonds is 18. The van der Waals surface area contributed by atoms with Gasteiger partial charge in [0.05, 0.1) is 0 Å². The van der Waals surface area contributed by atoms with E-state index in [4.69, 9.17) is 0 Å². The standard InChI is InChI=1S/C31H50/c1-4-5-6-7-8-9-10-11-12-13-14-15-16-17-18-19-21-28(3)30-23-20-22-29-26-27(2)24-25-31(29)30/h20,22-26,28H,4-19,21H2,1-3H3. The van der Waals surface area contributed by atoms with Crippen molar-refractivity contribution in [1.29, 1.82) is 0 Å². The van der Waals surface area contributed by atoms with E-state index in [0.717, 1.165) is 0 Å². The highest BCUT2D eigenvalue weighted by atomic mass is 14.1. The summed E-state index contributed by atoms with van der Waals surface area (Å²) < 4.78 is 0. The van der Waals surface area contributed by atoms with Crippen LogP contribution in [0.2, 0.25) is 0 Å². The van der Waals surface area contributed by atoms with Gasteiger partial charge < -0.3 is 0 Å². The summed E-state index contributed by atoms with van der Waals surface area (Å²) >= 11 is 0. The topological polar surface area (TPSA) is 0 Å². The first kappa shape index (κ1) is 26.0. The molecule has 0 aliphatic carbocycles. The minimum atomic E-state index is 0.665. The molecule has 0 spiro atoms. The zero-order chi connectivity index (χ0) is 22.2. The first-order chi connectivity index (χ1) is 15.2. The van der Waals surface area contributed by atoms with Crippen molar-refractivity contribution >= 4 is 10.8 Å². The van der Waals surface area contributed by atoms with Gasteiger partial charge in [-0.05, 0) is 35.6 Å². The lowest BCUT2D eigenvalue weighted by Crippen LogP contribution is -1.95. The van der Waals surface area contributed by atoms with Crippen LogP contribution in [0.5, 0.6) is 0 Å². The minimum absolute atomic E-state index is 0.665. The van der Waals surface area contributed by atoms with Crippen LogP contribution in [0.4, 0.5) is 0 Å². The third-order valence-electron chi connectivity index (χ3n) is 7.09. The summed E-state index contributed by atoms with van der Waals surface area (Å²) in [6.07, 6.45) is 24.4. The van der Waals surface area contributed by atoms with Crippen molar-refractivity contribution in [2.45, 2.75) is 136 Å². The van der Waals surface area contributed by atoms with Gasteiger partial charge in [-0.2, -0.15) is 0 Å². The lowest BCUT2D eigenvalue weighted by Gasteiger charge is -2.15. The van der Waals surface area contributed by atoms with Gasteiger partial charge in [0.2, 0.25) is 0 Å². The number of fused-ring (bicyclic) bond motifs is 1. The molecule has 0 bridgehead atoms. The van der Waals surface area contributed by atoms with Crippen LogP contribution in [0.25, 0.3) is 10.8 Å². The average molecular weight is 423 g/mol. The predicted molar refractivity (Wildman–Crippen MR) is 141 cm³/mol. The van der Waals surface area contributed by atoms with Crippen LogP contribution in [0.3, 0.4) is 0 Å². The van der Waals surface area contributed by atoms with Crippen molar-refractivity contribution in [3.8, 4) is 0 Å². The minimum Gasteiger partial charge on any atom is -0.0654 e. The number of unbranched alkanes of at least 4 members (excludes halogenated alkanes) is 15. The van der Waals surface area contributed by atoms with Crippen LogP contribution in [0.15, 0.2) is 36.4 Å². The van der Waals surface area contributed by atoms with Crippen LogP contribution in [0, 0.1) is 6.92 Å². The largest absolute Gasteiger partial charge is 0.0654 e. The molecule has 0 heteroatoms. The van der Waals surface area contributed by atoms with Gasteiger partial charge in [0.25, 0.3) is 0 Å². The molecule has 0 fully saturated rings. The molecule has 2 aromatic rings. The molecule has 0 aliphatic heterocycles. The summed E-state index contributed by atoms with van der Waals surface area (Å²) in [4.78, 5) is 0. The molecular weight excluding hydrogens is 372 g/mol. The molecule has 0 heterocycles. The summed E-state index contributed by atoms with van der Waals surface area (Å²) in [5.41, 5.74) is 2.90. The van der Waals surface area contributed by atoms with E-state index in [1.807, 2.05) is 0 Å². The second-order valence-electron chi connectivity index (χ2n) is 10.1. The van der Waals surface area contributed by atoms with Crippen LogP contribution >= 0.6 is 0 Å². The SMILES string of the molecule is CCCCCCCCCCCCCCCCCCC(C)c1cccc2cc(C)ccc12. The highest BCUT2D eigenvalue weighted by Crippen LogP contribution is 2.29. The van der Waals surface area contributed by atoms with Crippen molar-refractivity contribution < 1.29 is 0 Å². The Bertz CT molecular complexity index is 698. The van der Waals surface area contributed by atoms with Gasteiger partial charge in [-0.3, -0.25) is 0 Å². The molecule has 0 N–H and O–H groups in total. The van der Waals surface area contributed by atoms with E-state index in [1.165, 1.54) is 125 Å². The summed E-state index contributed by atoms with van der Waals surface area (Å²) in [5.74, 6) is 0.665. The molecule has 0 aromatic heterocycles. The van der Waals surface area contributed by atoms with Crippen LogP contribution < -0.4 is 0 Å². The Balaban J connectivity index is 1.44. The normalized spacial score (nSPS) is 12.5. The van der Waals surface area contributed by atoms with Gasteiger partial charge in [-0.1, -0.05) is 159 Å². The Morgan fingerprint density at radius 2 is 1.13 bits per heavy atom. The average Bonchev–Trinajstić information content (AvgIpc) is 2.78. The number of hydrogen-bond donors (Lipinski definition) is 0. The molecular formula is C31H50. The first-order valence-corrected chi connectivity index (χ1v) is 13.7. The zero-order valence-electron chi connectivity index (χ0n) is 21.1. The molecule has 31 heavy (non-hydrogen) atoms. The smallest absolute Gasteiger partial charge is 0.0149 e. The second-order valence-corrected chi connectivity index (χ2v) is 10.1. The molecule has 174 valence electrons. The lowest BCUT2D eigenvalue weighted by molar-refractivity contribution is 0.521. The van der Waals surface area contributed by atoms with E-state index in [1.54, 1.807) is 5.56 Å². The van der Waals surface area contributed by atoms with Gasteiger partial charge >= 0.3 is 0 Å². The zero-order valence-corrected chi connectivity index (χ0v) is 21.1. The maximum absolute atomic E-state index is 2.42. The fraction of sp³-hybridized carbons (Fsp3) is 0.677. The maximum Gasteiger partial charge on any atom is -0.0149 e. The number of hydrogen-bond acceptors (Lipinski definition) is 0. The van der Waals surface area contributed by atoms with Crippen molar-refractivity contribution in [2.24, 2.45) is 0 Å². The molecule has 1 unspecified atom stereocenters. The van der Waals surface area contributed by atoms with E-state index in [9.17, 15) is 0 Å². The van der Waals surface area contributed by atoms with E-state index < -0.39 is 0 Å². The van der Waals surface area contributed by atoms with E-state index in [-0.39, 0.29) is 0 Å². The Morgan fingerprint density at radius 1 is 0.613 bits per heavy atom. The fourth-order valence-electron chi connectivity index (χ4n) is 5.01. The molecule has 0 saturated carbocycles. The highest BCUT2D eigenvalue weighted by Gasteiger charge is 2.09. The Morgan fingerprint density at radius 3 is 1.68 bits per heavy atom. The quantitative estimate of drug-likeness (QED) is 0.209. The number of aryl methyl sites for hydroxylation is 1. The van der Waals surface area contributed by atoms with E-state index in [0.29, 0.717) is 5.92 Å². The predicted octanol–water partition coefficient (Wildman–Crippen LogP) is 10.9. The van der Waals surface area contributed by atoms with Crippen LogP contribution in [0.1, 0.15) is 140 Å². The van der Waals surface area contributed by atoms with Gasteiger partial charge in [0, 0.05) is 0 Å². The monoisotopic (exact) mass is 422 g/mol. The maximum atomic E-state index is 2.42. The molecule has 2 aromatic carbocycles. The van der Waals surface area contributed by atoms with Crippen molar-refractivity contribution in [2.75, 3.05) is 0 Å². The highest BCUT2D eigenvalue weighted by molar-refractivity contribution is 5.86. The molecule has 0 radical (unpaired) electrons.